The normalized spacial score (nSPS) is 17.3. The monoisotopic (exact) mass is 492 g/mol. The van der Waals surface area contributed by atoms with Gasteiger partial charge in [0.2, 0.25) is 5.91 Å². The number of anilines is 1. The van der Waals surface area contributed by atoms with Crippen LogP contribution >= 0.6 is 0 Å². The first-order chi connectivity index (χ1) is 16.6. The number of rotatable bonds is 5. The molecule has 1 fully saturated rings. The first-order valence-corrected chi connectivity index (χ1v) is 11.0. The van der Waals surface area contributed by atoms with Crippen LogP contribution in [0, 0.1) is 0 Å². The topological polar surface area (TPSA) is 32.3 Å². The number of amides is 1. The Kier molecular flexibility index (Phi) is 6.78. The average molecular weight is 492 g/mol. The first-order valence-electron chi connectivity index (χ1n) is 11.0. The van der Waals surface area contributed by atoms with E-state index >= 15 is 0 Å². The number of nitrogens with one attached hydrogen (secondary N) is 1. The Balaban J connectivity index is 1.70. The molecule has 0 saturated carbocycles. The zero-order valence-electron chi connectivity index (χ0n) is 18.4. The van der Waals surface area contributed by atoms with Crippen LogP contribution in [0.2, 0.25) is 0 Å². The molecule has 9 heteroatoms. The van der Waals surface area contributed by atoms with E-state index in [0.29, 0.717) is 18.5 Å². The Bertz CT molecular complexity index is 1160. The molecule has 1 saturated heterocycles. The van der Waals surface area contributed by atoms with Gasteiger partial charge in [-0.25, -0.2) is 0 Å². The highest BCUT2D eigenvalue weighted by Crippen LogP contribution is 2.41. The SMILES string of the molecule is O=C(C(Nc1ccccc1)c1ccc(C(F)(F)F)cc1)N1CCCC1c1ccccc1C(F)(F)F. The number of halogens is 6. The molecule has 1 aliphatic rings. The van der Waals surface area contributed by atoms with Crippen LogP contribution in [0.5, 0.6) is 0 Å². The van der Waals surface area contributed by atoms with Crippen LogP contribution in [0.4, 0.5) is 32.0 Å². The fourth-order valence-electron chi connectivity index (χ4n) is 4.42. The number of para-hydroxylation sites is 1. The Morgan fingerprint density at radius 1 is 0.829 bits per heavy atom. The smallest absolute Gasteiger partial charge is 0.370 e. The quantitative estimate of drug-likeness (QED) is 0.381. The molecule has 1 amide bonds. The van der Waals surface area contributed by atoms with Gasteiger partial charge in [-0.1, -0.05) is 48.5 Å². The molecular formula is C26H22F6N2O. The van der Waals surface area contributed by atoms with E-state index in [2.05, 4.69) is 5.32 Å². The third-order valence-electron chi connectivity index (χ3n) is 6.06. The minimum absolute atomic E-state index is 0.0109. The van der Waals surface area contributed by atoms with Crippen LogP contribution < -0.4 is 5.32 Å². The lowest BCUT2D eigenvalue weighted by molar-refractivity contribution is -0.140. The number of hydrogen-bond acceptors (Lipinski definition) is 2. The van der Waals surface area contributed by atoms with Crippen LogP contribution in [0.15, 0.2) is 78.9 Å². The minimum Gasteiger partial charge on any atom is -0.370 e. The zero-order valence-corrected chi connectivity index (χ0v) is 18.4. The second kappa shape index (κ2) is 9.64. The summed E-state index contributed by atoms with van der Waals surface area (Å²) in [7, 11) is 0. The summed E-state index contributed by atoms with van der Waals surface area (Å²) in [6, 6.07) is 16.1. The van der Waals surface area contributed by atoms with Gasteiger partial charge in [0.05, 0.1) is 17.2 Å². The Hall–Kier alpha value is -3.49. The predicted molar refractivity (Wildman–Crippen MR) is 119 cm³/mol. The van der Waals surface area contributed by atoms with Gasteiger partial charge in [-0.05, 0) is 54.3 Å². The number of benzene rings is 3. The predicted octanol–water partition coefficient (Wildman–Crippen LogP) is 7.24. The van der Waals surface area contributed by atoms with Crippen molar-refractivity contribution in [1.29, 1.82) is 0 Å². The number of carbonyl (C=O) groups excluding carboxylic acids is 1. The van der Waals surface area contributed by atoms with Crippen molar-refractivity contribution in [2.75, 3.05) is 11.9 Å². The fourth-order valence-corrected chi connectivity index (χ4v) is 4.42. The van der Waals surface area contributed by atoms with Gasteiger partial charge in [0.15, 0.2) is 0 Å². The molecule has 3 aromatic carbocycles. The van der Waals surface area contributed by atoms with Crippen molar-refractivity contribution < 1.29 is 31.1 Å². The second-order valence-corrected chi connectivity index (χ2v) is 8.34. The van der Waals surface area contributed by atoms with E-state index in [0.717, 1.165) is 18.2 Å². The van der Waals surface area contributed by atoms with Gasteiger partial charge in [-0.15, -0.1) is 0 Å². The number of nitrogens with zero attached hydrogens (tertiary/aromatic N) is 1. The third-order valence-corrected chi connectivity index (χ3v) is 6.06. The second-order valence-electron chi connectivity index (χ2n) is 8.34. The van der Waals surface area contributed by atoms with Crippen molar-refractivity contribution in [3.05, 3.63) is 101 Å². The Morgan fingerprint density at radius 2 is 1.46 bits per heavy atom. The molecule has 2 unspecified atom stereocenters. The van der Waals surface area contributed by atoms with E-state index in [1.165, 1.54) is 35.2 Å². The number of hydrogen-bond donors (Lipinski definition) is 1. The average Bonchev–Trinajstić information content (AvgIpc) is 3.32. The minimum atomic E-state index is -4.58. The number of alkyl halides is 6. The molecule has 4 rings (SSSR count). The summed E-state index contributed by atoms with van der Waals surface area (Å²) in [6.07, 6.45) is -8.26. The standard InChI is InChI=1S/C26H22F6N2O/c27-25(28,29)18-14-12-17(13-15-18)23(33-19-7-2-1-3-8-19)24(35)34-16-6-11-22(34)20-9-4-5-10-21(20)26(30,31)32/h1-5,7-10,12-15,22-23,33H,6,11,16H2. The number of likely N-dealkylation sites (tertiary alicyclic amines) is 1. The van der Waals surface area contributed by atoms with Crippen molar-refractivity contribution in [2.24, 2.45) is 0 Å². The summed E-state index contributed by atoms with van der Waals surface area (Å²) in [5.41, 5.74) is -0.812. The van der Waals surface area contributed by atoms with E-state index in [4.69, 9.17) is 0 Å². The van der Waals surface area contributed by atoms with Crippen LogP contribution in [0.3, 0.4) is 0 Å². The van der Waals surface area contributed by atoms with Crippen LogP contribution in [0.25, 0.3) is 0 Å². The van der Waals surface area contributed by atoms with Crippen molar-refractivity contribution in [3.8, 4) is 0 Å². The van der Waals surface area contributed by atoms with Gasteiger partial charge in [0.25, 0.3) is 0 Å². The molecule has 3 aromatic rings. The molecule has 3 nitrogen and oxygen atoms in total. The van der Waals surface area contributed by atoms with E-state index in [1.54, 1.807) is 30.3 Å². The van der Waals surface area contributed by atoms with Crippen LogP contribution in [-0.4, -0.2) is 17.4 Å². The lowest BCUT2D eigenvalue weighted by Gasteiger charge is -2.31. The summed E-state index contributed by atoms with van der Waals surface area (Å²) in [6.45, 7) is 0.239. The van der Waals surface area contributed by atoms with Gasteiger partial charge < -0.3 is 10.2 Å². The van der Waals surface area contributed by atoms with Crippen molar-refractivity contribution >= 4 is 11.6 Å². The van der Waals surface area contributed by atoms with Crippen molar-refractivity contribution in [3.63, 3.8) is 0 Å². The molecule has 2 atom stereocenters. The molecule has 184 valence electrons. The van der Waals surface area contributed by atoms with E-state index in [-0.39, 0.29) is 17.7 Å². The molecule has 0 bridgehead atoms. The first kappa shape index (κ1) is 24.6. The summed E-state index contributed by atoms with van der Waals surface area (Å²) in [5.74, 6) is -0.506. The highest BCUT2D eigenvalue weighted by molar-refractivity contribution is 5.87. The van der Waals surface area contributed by atoms with E-state index in [1.807, 2.05) is 0 Å². The summed E-state index contributed by atoms with van der Waals surface area (Å²) in [5, 5.41) is 3.05. The highest BCUT2D eigenvalue weighted by Gasteiger charge is 2.40. The van der Waals surface area contributed by atoms with Gasteiger partial charge >= 0.3 is 12.4 Å². The maximum absolute atomic E-state index is 13.7. The zero-order chi connectivity index (χ0) is 25.2. The van der Waals surface area contributed by atoms with Crippen LogP contribution in [0.1, 0.15) is 47.2 Å². The molecule has 0 radical (unpaired) electrons. The van der Waals surface area contributed by atoms with Gasteiger partial charge in [-0.2, -0.15) is 26.3 Å². The maximum Gasteiger partial charge on any atom is 0.416 e. The molecule has 1 N–H and O–H groups in total. The largest absolute Gasteiger partial charge is 0.416 e. The summed E-state index contributed by atoms with van der Waals surface area (Å²) < 4.78 is 80.2. The molecule has 1 aliphatic heterocycles. The van der Waals surface area contributed by atoms with Crippen LogP contribution in [-0.2, 0) is 17.1 Å². The Morgan fingerprint density at radius 3 is 2.09 bits per heavy atom. The summed E-state index contributed by atoms with van der Waals surface area (Å²) in [4.78, 5) is 15.1. The third kappa shape index (κ3) is 5.44. The lowest BCUT2D eigenvalue weighted by Crippen LogP contribution is -2.38. The molecule has 0 aliphatic carbocycles. The number of carbonyl (C=O) groups is 1. The van der Waals surface area contributed by atoms with Crippen molar-refractivity contribution in [2.45, 2.75) is 37.3 Å². The maximum atomic E-state index is 13.7. The summed E-state index contributed by atoms with van der Waals surface area (Å²) >= 11 is 0. The lowest BCUT2D eigenvalue weighted by atomic mass is 9.96. The molecule has 1 heterocycles. The molecule has 35 heavy (non-hydrogen) atoms. The van der Waals surface area contributed by atoms with E-state index < -0.39 is 41.5 Å². The van der Waals surface area contributed by atoms with Gasteiger partial charge in [-0.3, -0.25) is 4.79 Å². The highest BCUT2D eigenvalue weighted by atomic mass is 19.4. The van der Waals surface area contributed by atoms with Crippen molar-refractivity contribution in [1.82, 2.24) is 4.90 Å². The van der Waals surface area contributed by atoms with Gasteiger partial charge in [0, 0.05) is 12.2 Å². The molecular weight excluding hydrogens is 470 g/mol. The fraction of sp³-hybridized carbons (Fsp3) is 0.269. The molecule has 0 aromatic heterocycles. The molecule has 0 spiro atoms. The van der Waals surface area contributed by atoms with Gasteiger partial charge in [0.1, 0.15) is 6.04 Å². The Labute approximate surface area is 198 Å². The van der Waals surface area contributed by atoms with E-state index in [9.17, 15) is 31.1 Å².